The summed E-state index contributed by atoms with van der Waals surface area (Å²) < 4.78 is 12.6. The molecular formula is C18H24N4O3. The van der Waals surface area contributed by atoms with E-state index in [0.717, 1.165) is 12.2 Å². The third-order valence-corrected chi connectivity index (χ3v) is 4.56. The molecule has 25 heavy (non-hydrogen) atoms. The maximum absolute atomic E-state index is 12.9. The molecule has 1 fully saturated rings. The molecule has 0 radical (unpaired) electrons. The number of aromatic nitrogens is 3. The lowest BCUT2D eigenvalue weighted by atomic mass is 10.1. The molecule has 1 aromatic heterocycles. The number of rotatable bonds is 5. The molecule has 7 nitrogen and oxygen atoms in total. The van der Waals surface area contributed by atoms with Crippen LogP contribution in [0.1, 0.15) is 48.4 Å². The molecule has 2 aromatic rings. The van der Waals surface area contributed by atoms with Crippen molar-refractivity contribution < 1.29 is 14.3 Å². The Balaban J connectivity index is 1.78. The van der Waals surface area contributed by atoms with Gasteiger partial charge in [0, 0.05) is 30.6 Å². The molecule has 2 heterocycles. The lowest BCUT2D eigenvalue weighted by Crippen LogP contribution is -2.29. The van der Waals surface area contributed by atoms with Gasteiger partial charge in [0.05, 0.1) is 20.3 Å². The van der Waals surface area contributed by atoms with Gasteiger partial charge >= 0.3 is 0 Å². The lowest BCUT2D eigenvalue weighted by molar-refractivity contribution is 0.0786. The first-order valence-corrected chi connectivity index (χ1v) is 8.45. The monoisotopic (exact) mass is 344 g/mol. The van der Waals surface area contributed by atoms with Crippen molar-refractivity contribution in [2.45, 2.75) is 32.2 Å². The first-order valence-electron chi connectivity index (χ1n) is 8.45. The number of benzene rings is 1. The highest BCUT2D eigenvalue weighted by atomic mass is 16.5. The van der Waals surface area contributed by atoms with Crippen LogP contribution in [-0.4, -0.2) is 52.9 Å². The van der Waals surface area contributed by atoms with Gasteiger partial charge in [-0.05, 0) is 18.6 Å². The normalized spacial score (nSPS) is 17.2. The van der Waals surface area contributed by atoms with Crippen LogP contribution in [0.5, 0.6) is 11.5 Å². The van der Waals surface area contributed by atoms with Crippen LogP contribution in [0.4, 0.5) is 0 Å². The van der Waals surface area contributed by atoms with Crippen LogP contribution in [0.3, 0.4) is 0 Å². The van der Waals surface area contributed by atoms with Crippen molar-refractivity contribution in [1.29, 1.82) is 0 Å². The topological polar surface area (TPSA) is 69.5 Å². The summed E-state index contributed by atoms with van der Waals surface area (Å²) in [5.41, 5.74) is 0.574. The predicted octanol–water partition coefficient (Wildman–Crippen LogP) is 2.51. The number of amides is 1. The van der Waals surface area contributed by atoms with E-state index in [1.165, 1.54) is 0 Å². The molecule has 1 aromatic carbocycles. The smallest absolute Gasteiger partial charge is 0.254 e. The first kappa shape index (κ1) is 17.3. The maximum Gasteiger partial charge on any atom is 0.254 e. The Morgan fingerprint density at radius 2 is 1.88 bits per heavy atom. The molecule has 3 rings (SSSR count). The number of hydrogen-bond donors (Lipinski definition) is 0. The Morgan fingerprint density at radius 3 is 2.48 bits per heavy atom. The van der Waals surface area contributed by atoms with Crippen molar-refractivity contribution >= 4 is 5.91 Å². The third kappa shape index (κ3) is 3.45. The molecule has 0 saturated carbocycles. The van der Waals surface area contributed by atoms with Crippen LogP contribution in [0.25, 0.3) is 0 Å². The number of nitrogens with zero attached hydrogens (tertiary/aromatic N) is 4. The van der Waals surface area contributed by atoms with Crippen molar-refractivity contribution in [2.24, 2.45) is 0 Å². The zero-order chi connectivity index (χ0) is 18.0. The molecule has 0 spiro atoms. The second-order valence-electron chi connectivity index (χ2n) is 6.55. The highest BCUT2D eigenvalue weighted by molar-refractivity contribution is 5.95. The predicted molar refractivity (Wildman–Crippen MR) is 93.2 cm³/mol. The van der Waals surface area contributed by atoms with E-state index in [1.54, 1.807) is 38.7 Å². The number of hydrogen-bond acceptors (Lipinski definition) is 5. The number of carbonyl (C=O) groups excluding carboxylic acids is 1. The molecule has 0 aliphatic carbocycles. The van der Waals surface area contributed by atoms with Gasteiger partial charge in [0.25, 0.3) is 5.91 Å². The molecule has 0 bridgehead atoms. The van der Waals surface area contributed by atoms with E-state index in [-0.39, 0.29) is 11.9 Å². The van der Waals surface area contributed by atoms with Crippen LogP contribution in [0, 0.1) is 0 Å². The zero-order valence-electron chi connectivity index (χ0n) is 15.1. The second kappa shape index (κ2) is 7.13. The molecule has 1 unspecified atom stereocenters. The molecule has 1 saturated heterocycles. The van der Waals surface area contributed by atoms with Gasteiger partial charge in [-0.1, -0.05) is 13.8 Å². The molecule has 1 aliphatic heterocycles. The average Bonchev–Trinajstić information content (AvgIpc) is 3.29. The summed E-state index contributed by atoms with van der Waals surface area (Å²) >= 11 is 0. The van der Waals surface area contributed by atoms with Gasteiger partial charge in [-0.15, -0.1) is 10.2 Å². The van der Waals surface area contributed by atoms with Gasteiger partial charge in [0.1, 0.15) is 23.7 Å². The van der Waals surface area contributed by atoms with Crippen molar-refractivity contribution in [3.8, 4) is 11.5 Å². The highest BCUT2D eigenvalue weighted by Gasteiger charge is 2.30. The Morgan fingerprint density at radius 1 is 1.20 bits per heavy atom. The third-order valence-electron chi connectivity index (χ3n) is 4.56. The van der Waals surface area contributed by atoms with E-state index in [9.17, 15) is 4.79 Å². The van der Waals surface area contributed by atoms with Crippen molar-refractivity contribution in [3.05, 3.63) is 35.9 Å². The summed E-state index contributed by atoms with van der Waals surface area (Å²) in [6.07, 6.45) is 2.66. The first-order chi connectivity index (χ1) is 12.0. The summed E-state index contributed by atoms with van der Waals surface area (Å²) in [5.74, 6) is 2.47. The number of methoxy groups -OCH3 is 2. The fourth-order valence-corrected chi connectivity index (χ4v) is 3.21. The van der Waals surface area contributed by atoms with Gasteiger partial charge in [0.15, 0.2) is 0 Å². The van der Waals surface area contributed by atoms with Crippen molar-refractivity contribution in [3.63, 3.8) is 0 Å². The summed E-state index contributed by atoms with van der Waals surface area (Å²) in [4.78, 5) is 14.8. The van der Waals surface area contributed by atoms with E-state index >= 15 is 0 Å². The maximum atomic E-state index is 12.9. The van der Waals surface area contributed by atoms with Gasteiger partial charge in [-0.2, -0.15) is 0 Å². The van der Waals surface area contributed by atoms with E-state index in [4.69, 9.17) is 9.47 Å². The molecule has 0 N–H and O–H groups in total. The SMILES string of the molecule is COc1cc(OC)cc(C(=O)N2CCC(n3cnnc3C(C)C)C2)c1. The summed E-state index contributed by atoms with van der Waals surface area (Å²) in [6, 6.07) is 5.46. The summed E-state index contributed by atoms with van der Waals surface area (Å²) in [6.45, 7) is 5.55. The van der Waals surface area contributed by atoms with Crippen molar-refractivity contribution in [2.75, 3.05) is 27.3 Å². The standard InChI is InChI=1S/C18H24N4O3/c1-12(2)17-20-19-11-22(17)14-5-6-21(10-14)18(23)13-7-15(24-3)9-16(8-13)25-4/h7-9,11-12,14H,5-6,10H2,1-4H3. The van der Waals surface area contributed by atoms with Gasteiger partial charge < -0.3 is 18.9 Å². The minimum Gasteiger partial charge on any atom is -0.497 e. The molecule has 1 atom stereocenters. The van der Waals surface area contributed by atoms with E-state index in [1.807, 2.05) is 4.90 Å². The molecular weight excluding hydrogens is 320 g/mol. The van der Waals surface area contributed by atoms with Crippen LogP contribution in [-0.2, 0) is 0 Å². The largest absolute Gasteiger partial charge is 0.497 e. The van der Waals surface area contributed by atoms with E-state index in [0.29, 0.717) is 36.1 Å². The minimum absolute atomic E-state index is 0.0149. The molecule has 134 valence electrons. The van der Waals surface area contributed by atoms with Crippen molar-refractivity contribution in [1.82, 2.24) is 19.7 Å². The van der Waals surface area contributed by atoms with Crippen LogP contribution >= 0.6 is 0 Å². The minimum atomic E-state index is -0.0149. The quantitative estimate of drug-likeness (QED) is 0.833. The Hall–Kier alpha value is -2.57. The van der Waals surface area contributed by atoms with Crippen LogP contribution in [0.15, 0.2) is 24.5 Å². The number of carbonyl (C=O) groups is 1. The van der Waals surface area contributed by atoms with Crippen LogP contribution < -0.4 is 9.47 Å². The second-order valence-corrected chi connectivity index (χ2v) is 6.55. The summed E-state index contributed by atoms with van der Waals surface area (Å²) in [5, 5.41) is 8.25. The van der Waals surface area contributed by atoms with Gasteiger partial charge in [-0.3, -0.25) is 4.79 Å². The van der Waals surface area contributed by atoms with Crippen LogP contribution in [0.2, 0.25) is 0 Å². The number of likely N-dealkylation sites (tertiary alicyclic amines) is 1. The average molecular weight is 344 g/mol. The molecule has 7 heteroatoms. The zero-order valence-corrected chi connectivity index (χ0v) is 15.1. The fraction of sp³-hybridized carbons (Fsp3) is 0.500. The fourth-order valence-electron chi connectivity index (χ4n) is 3.21. The highest BCUT2D eigenvalue weighted by Crippen LogP contribution is 2.28. The lowest BCUT2D eigenvalue weighted by Gasteiger charge is -2.19. The van der Waals surface area contributed by atoms with E-state index < -0.39 is 0 Å². The summed E-state index contributed by atoms with van der Waals surface area (Å²) in [7, 11) is 3.16. The van der Waals surface area contributed by atoms with Gasteiger partial charge in [-0.25, -0.2) is 0 Å². The Labute approximate surface area is 147 Å². The number of ether oxygens (including phenoxy) is 2. The molecule has 1 aliphatic rings. The van der Waals surface area contributed by atoms with Gasteiger partial charge in [0.2, 0.25) is 0 Å². The molecule has 1 amide bonds. The van der Waals surface area contributed by atoms with E-state index in [2.05, 4.69) is 28.6 Å². The Bertz CT molecular complexity index is 734. The Kier molecular flexibility index (Phi) is 4.92.